The average molecular weight is 212 g/mol. The van der Waals surface area contributed by atoms with Crippen molar-refractivity contribution in [2.75, 3.05) is 6.61 Å². The minimum absolute atomic E-state index is 0.110. The Morgan fingerprint density at radius 1 is 1.20 bits per heavy atom. The van der Waals surface area contributed by atoms with Gasteiger partial charge in [-0.2, -0.15) is 0 Å². The molecule has 0 radical (unpaired) electrons. The number of rotatable bonds is 4. The van der Waals surface area contributed by atoms with E-state index in [9.17, 15) is 10.2 Å². The van der Waals surface area contributed by atoms with Crippen LogP contribution in [0.3, 0.4) is 0 Å². The van der Waals surface area contributed by atoms with Crippen LogP contribution in [0.25, 0.3) is 0 Å². The van der Waals surface area contributed by atoms with E-state index >= 15 is 0 Å². The second-order valence-corrected chi connectivity index (χ2v) is 3.54. The summed E-state index contributed by atoms with van der Waals surface area (Å²) in [6.07, 6.45) is -2.32. The van der Waals surface area contributed by atoms with E-state index in [0.717, 1.165) is 5.56 Å². The summed E-state index contributed by atoms with van der Waals surface area (Å²) in [5, 5.41) is 36.6. The molecule has 0 amide bonds. The first-order chi connectivity index (χ1) is 7.10. The second kappa shape index (κ2) is 5.23. The van der Waals surface area contributed by atoms with E-state index < -0.39 is 18.8 Å². The molecule has 0 spiro atoms. The zero-order valence-electron chi connectivity index (χ0n) is 8.59. The fraction of sp³-hybridized carbons (Fsp3) is 0.455. The highest BCUT2D eigenvalue weighted by Gasteiger charge is 2.17. The van der Waals surface area contributed by atoms with Crippen molar-refractivity contribution in [1.82, 2.24) is 0 Å². The molecule has 0 heterocycles. The second-order valence-electron chi connectivity index (χ2n) is 3.54. The molecule has 0 saturated heterocycles. The molecule has 2 atom stereocenters. The summed E-state index contributed by atoms with van der Waals surface area (Å²) in [4.78, 5) is 0. The molecule has 84 valence electrons. The number of hydrogen-bond donors (Lipinski definition) is 4. The highest BCUT2D eigenvalue weighted by Crippen LogP contribution is 2.20. The third-order valence-electron chi connectivity index (χ3n) is 2.44. The first kappa shape index (κ1) is 12.1. The fourth-order valence-corrected chi connectivity index (χ4v) is 1.37. The van der Waals surface area contributed by atoms with Gasteiger partial charge in [0.1, 0.15) is 12.2 Å². The smallest absolute Gasteiger partial charge is 0.107 e. The van der Waals surface area contributed by atoms with Gasteiger partial charge >= 0.3 is 0 Å². The molecule has 4 heteroatoms. The Kier molecular flexibility index (Phi) is 4.23. The molecule has 1 aromatic rings. The van der Waals surface area contributed by atoms with E-state index in [1.807, 2.05) is 6.92 Å². The lowest BCUT2D eigenvalue weighted by molar-refractivity contribution is -0.0153. The molecule has 0 saturated carbocycles. The molecule has 4 N–H and O–H groups in total. The van der Waals surface area contributed by atoms with Gasteiger partial charge in [0, 0.05) is 0 Å². The molecule has 0 aliphatic rings. The molecule has 1 rings (SSSR count). The summed E-state index contributed by atoms with van der Waals surface area (Å²) in [6.45, 7) is 1.25. The van der Waals surface area contributed by atoms with Crippen LogP contribution in [0.1, 0.15) is 22.8 Å². The highest BCUT2D eigenvalue weighted by molar-refractivity contribution is 5.32. The van der Waals surface area contributed by atoms with Gasteiger partial charge in [-0.15, -0.1) is 0 Å². The maximum atomic E-state index is 9.61. The van der Waals surface area contributed by atoms with E-state index in [2.05, 4.69) is 0 Å². The topological polar surface area (TPSA) is 80.9 Å². The Morgan fingerprint density at radius 2 is 1.87 bits per heavy atom. The summed E-state index contributed by atoms with van der Waals surface area (Å²) < 4.78 is 0. The highest BCUT2D eigenvalue weighted by atomic mass is 16.4. The van der Waals surface area contributed by atoms with Crippen molar-refractivity contribution in [2.24, 2.45) is 0 Å². The van der Waals surface area contributed by atoms with Crippen LogP contribution >= 0.6 is 0 Å². The van der Waals surface area contributed by atoms with Crippen molar-refractivity contribution >= 4 is 0 Å². The first-order valence-electron chi connectivity index (χ1n) is 4.77. The van der Waals surface area contributed by atoms with Gasteiger partial charge in [-0.05, 0) is 23.6 Å². The Morgan fingerprint density at radius 3 is 2.40 bits per heavy atom. The normalized spacial score (nSPS) is 15.0. The predicted octanol–water partition coefficient (Wildman–Crippen LogP) is -0.126. The lowest BCUT2D eigenvalue weighted by Gasteiger charge is -2.17. The van der Waals surface area contributed by atoms with Crippen molar-refractivity contribution in [2.45, 2.75) is 25.7 Å². The average Bonchev–Trinajstić information content (AvgIpc) is 2.27. The molecule has 1 aromatic carbocycles. The molecule has 15 heavy (non-hydrogen) atoms. The molecule has 0 aromatic heterocycles. The van der Waals surface area contributed by atoms with E-state index in [4.69, 9.17) is 10.2 Å². The zero-order valence-corrected chi connectivity index (χ0v) is 8.59. The SMILES string of the molecule is Cc1ccc(C(O)C(O)CO)cc1CO. The monoisotopic (exact) mass is 212 g/mol. The van der Waals surface area contributed by atoms with Crippen LogP contribution in [0.2, 0.25) is 0 Å². The molecule has 0 bridgehead atoms. The minimum Gasteiger partial charge on any atom is -0.394 e. The number of aliphatic hydroxyl groups is 4. The molecule has 4 nitrogen and oxygen atoms in total. The van der Waals surface area contributed by atoms with E-state index in [1.54, 1.807) is 18.2 Å². The molecule has 0 aliphatic carbocycles. The molecular weight excluding hydrogens is 196 g/mol. The van der Waals surface area contributed by atoms with Crippen LogP contribution in [-0.2, 0) is 6.61 Å². The third kappa shape index (κ3) is 2.76. The predicted molar refractivity (Wildman–Crippen MR) is 55.2 cm³/mol. The summed E-state index contributed by atoms with van der Waals surface area (Å²) in [5.74, 6) is 0. The summed E-state index contributed by atoms with van der Waals surface area (Å²) in [5.41, 5.74) is 2.12. The van der Waals surface area contributed by atoms with E-state index in [0.29, 0.717) is 11.1 Å². The largest absolute Gasteiger partial charge is 0.394 e. The van der Waals surface area contributed by atoms with Gasteiger partial charge in [-0.25, -0.2) is 0 Å². The van der Waals surface area contributed by atoms with Gasteiger partial charge < -0.3 is 20.4 Å². The van der Waals surface area contributed by atoms with Crippen LogP contribution in [0.15, 0.2) is 18.2 Å². The van der Waals surface area contributed by atoms with Crippen molar-refractivity contribution in [3.8, 4) is 0 Å². The van der Waals surface area contributed by atoms with Crippen molar-refractivity contribution in [1.29, 1.82) is 0 Å². The summed E-state index contributed by atoms with van der Waals surface area (Å²) in [6, 6.07) is 5.05. The zero-order chi connectivity index (χ0) is 11.4. The number of benzene rings is 1. The number of hydrogen-bond acceptors (Lipinski definition) is 4. The Labute approximate surface area is 88.4 Å². The summed E-state index contributed by atoms with van der Waals surface area (Å²) in [7, 11) is 0. The van der Waals surface area contributed by atoms with Crippen LogP contribution < -0.4 is 0 Å². The van der Waals surface area contributed by atoms with Crippen LogP contribution in [0.5, 0.6) is 0 Å². The van der Waals surface area contributed by atoms with E-state index in [-0.39, 0.29) is 6.61 Å². The Bertz CT molecular complexity index is 324. The number of aliphatic hydroxyl groups excluding tert-OH is 4. The van der Waals surface area contributed by atoms with Gasteiger partial charge in [0.05, 0.1) is 13.2 Å². The standard InChI is InChI=1S/C11H16O4/c1-7-2-3-8(4-9(7)5-12)11(15)10(14)6-13/h2-4,10-15H,5-6H2,1H3. The maximum Gasteiger partial charge on any atom is 0.107 e. The number of aryl methyl sites for hydroxylation is 1. The van der Waals surface area contributed by atoms with Gasteiger partial charge in [0.15, 0.2) is 0 Å². The van der Waals surface area contributed by atoms with E-state index in [1.165, 1.54) is 0 Å². The van der Waals surface area contributed by atoms with Crippen LogP contribution in [0, 0.1) is 6.92 Å². The van der Waals surface area contributed by atoms with Gasteiger partial charge in [0.25, 0.3) is 0 Å². The first-order valence-corrected chi connectivity index (χ1v) is 4.77. The Hall–Kier alpha value is -0.940. The summed E-state index contributed by atoms with van der Waals surface area (Å²) >= 11 is 0. The van der Waals surface area contributed by atoms with Gasteiger partial charge in [-0.3, -0.25) is 0 Å². The molecule has 0 fully saturated rings. The van der Waals surface area contributed by atoms with Crippen LogP contribution in [-0.4, -0.2) is 33.1 Å². The molecular formula is C11H16O4. The minimum atomic E-state index is -1.20. The van der Waals surface area contributed by atoms with Crippen LogP contribution in [0.4, 0.5) is 0 Å². The Balaban J connectivity index is 2.95. The third-order valence-corrected chi connectivity index (χ3v) is 2.44. The van der Waals surface area contributed by atoms with Crippen molar-refractivity contribution in [3.63, 3.8) is 0 Å². The molecule has 2 unspecified atom stereocenters. The lowest BCUT2D eigenvalue weighted by Crippen LogP contribution is -2.22. The lowest BCUT2D eigenvalue weighted by atomic mass is 9.99. The quantitative estimate of drug-likeness (QED) is 0.560. The molecule has 0 aliphatic heterocycles. The van der Waals surface area contributed by atoms with Crippen molar-refractivity contribution < 1.29 is 20.4 Å². The van der Waals surface area contributed by atoms with Gasteiger partial charge in [-0.1, -0.05) is 18.2 Å². The van der Waals surface area contributed by atoms with Crippen molar-refractivity contribution in [3.05, 3.63) is 34.9 Å². The van der Waals surface area contributed by atoms with Gasteiger partial charge in [0.2, 0.25) is 0 Å². The maximum absolute atomic E-state index is 9.61. The fourth-order valence-electron chi connectivity index (χ4n) is 1.37.